The van der Waals surface area contributed by atoms with Crippen LogP contribution in [-0.4, -0.2) is 0 Å². The summed E-state index contributed by atoms with van der Waals surface area (Å²) in [6, 6.07) is 8.17. The van der Waals surface area contributed by atoms with Gasteiger partial charge in [0.15, 0.2) is 0 Å². The van der Waals surface area contributed by atoms with Crippen molar-refractivity contribution < 1.29 is 4.42 Å². The fraction of sp³-hybridized carbons (Fsp3) is 0.333. The van der Waals surface area contributed by atoms with Gasteiger partial charge in [0.2, 0.25) is 0 Å². The molecule has 2 rings (SSSR count). The summed E-state index contributed by atoms with van der Waals surface area (Å²) in [5.41, 5.74) is 0. The highest BCUT2D eigenvalue weighted by Crippen LogP contribution is 2.23. The third-order valence-corrected chi connectivity index (χ3v) is 3.68. The Bertz CT molecular complexity index is 424. The second kappa shape index (κ2) is 5.53. The topological polar surface area (TPSA) is 25.2 Å². The molecule has 2 heterocycles. The largest absolute Gasteiger partial charge is 0.468 e. The van der Waals surface area contributed by atoms with Crippen LogP contribution in [0.2, 0.25) is 4.34 Å². The van der Waals surface area contributed by atoms with Crippen molar-refractivity contribution in [2.24, 2.45) is 0 Å². The highest BCUT2D eigenvalue weighted by molar-refractivity contribution is 7.16. The predicted molar refractivity (Wildman–Crippen MR) is 67.9 cm³/mol. The van der Waals surface area contributed by atoms with E-state index in [1.807, 2.05) is 18.2 Å². The zero-order chi connectivity index (χ0) is 11.4. The molecule has 0 aliphatic carbocycles. The van der Waals surface area contributed by atoms with Gasteiger partial charge in [0.1, 0.15) is 5.76 Å². The van der Waals surface area contributed by atoms with Crippen molar-refractivity contribution in [3.63, 3.8) is 0 Å². The maximum atomic E-state index is 5.88. The normalized spacial score (nSPS) is 12.9. The first-order chi connectivity index (χ1) is 7.79. The molecule has 4 heteroatoms. The fourth-order valence-electron chi connectivity index (χ4n) is 1.61. The van der Waals surface area contributed by atoms with Gasteiger partial charge < -0.3 is 9.73 Å². The molecule has 0 saturated heterocycles. The van der Waals surface area contributed by atoms with Crippen LogP contribution >= 0.6 is 22.9 Å². The summed E-state index contributed by atoms with van der Waals surface area (Å²) >= 11 is 7.49. The molecule has 0 bridgehead atoms. The average Bonchev–Trinajstić information content (AvgIpc) is 2.91. The number of rotatable bonds is 5. The molecule has 2 aromatic heterocycles. The minimum atomic E-state index is 0.274. The highest BCUT2D eigenvalue weighted by Gasteiger charge is 2.11. The van der Waals surface area contributed by atoms with Gasteiger partial charge in [-0.1, -0.05) is 18.5 Å². The molecule has 0 fully saturated rings. The second-order valence-electron chi connectivity index (χ2n) is 3.56. The molecule has 0 aromatic carbocycles. The molecule has 1 N–H and O–H groups in total. The van der Waals surface area contributed by atoms with Gasteiger partial charge in [-0.15, -0.1) is 11.3 Å². The monoisotopic (exact) mass is 255 g/mol. The number of nitrogens with one attached hydrogen (secondary N) is 1. The molecule has 86 valence electrons. The molecule has 2 aromatic rings. The lowest BCUT2D eigenvalue weighted by Crippen LogP contribution is -2.19. The quantitative estimate of drug-likeness (QED) is 0.865. The van der Waals surface area contributed by atoms with E-state index in [0.29, 0.717) is 0 Å². The van der Waals surface area contributed by atoms with Gasteiger partial charge in [-0.2, -0.15) is 0 Å². The third-order valence-electron chi connectivity index (χ3n) is 2.45. The first-order valence-corrected chi connectivity index (χ1v) is 6.50. The van der Waals surface area contributed by atoms with Crippen molar-refractivity contribution in [3.8, 4) is 0 Å². The van der Waals surface area contributed by atoms with Gasteiger partial charge in [-0.25, -0.2) is 0 Å². The van der Waals surface area contributed by atoms with Crippen molar-refractivity contribution in [1.29, 1.82) is 0 Å². The number of hydrogen-bond acceptors (Lipinski definition) is 3. The minimum absolute atomic E-state index is 0.274. The smallest absolute Gasteiger partial charge is 0.120 e. The van der Waals surface area contributed by atoms with Gasteiger partial charge in [-0.05, 0) is 30.7 Å². The lowest BCUT2D eigenvalue weighted by Gasteiger charge is -2.13. The summed E-state index contributed by atoms with van der Waals surface area (Å²) in [6.45, 7) is 2.97. The Hall–Kier alpha value is -0.770. The predicted octanol–water partition coefficient (Wildman–Crippen LogP) is 4.24. The van der Waals surface area contributed by atoms with Crippen LogP contribution in [0.4, 0.5) is 0 Å². The van der Waals surface area contributed by atoms with Gasteiger partial charge in [0.25, 0.3) is 0 Å². The van der Waals surface area contributed by atoms with Crippen LogP contribution in [0.25, 0.3) is 0 Å². The lowest BCUT2D eigenvalue weighted by molar-refractivity contribution is 0.404. The van der Waals surface area contributed by atoms with E-state index in [0.717, 1.165) is 23.1 Å². The highest BCUT2D eigenvalue weighted by atomic mass is 35.5. The van der Waals surface area contributed by atoms with E-state index in [4.69, 9.17) is 16.0 Å². The van der Waals surface area contributed by atoms with Crippen molar-refractivity contribution in [1.82, 2.24) is 5.32 Å². The Kier molecular flexibility index (Phi) is 4.04. The summed E-state index contributed by atoms with van der Waals surface area (Å²) in [5.74, 6) is 0.991. The summed E-state index contributed by atoms with van der Waals surface area (Å²) in [7, 11) is 0. The molecular formula is C12H14ClNOS. The number of thiophene rings is 1. The van der Waals surface area contributed by atoms with E-state index in [-0.39, 0.29) is 6.04 Å². The Morgan fingerprint density at radius 2 is 2.31 bits per heavy atom. The van der Waals surface area contributed by atoms with Crippen molar-refractivity contribution in [2.75, 3.05) is 0 Å². The Labute approximate surface area is 104 Å². The van der Waals surface area contributed by atoms with Crippen LogP contribution in [0.3, 0.4) is 0 Å². The number of halogens is 1. The van der Waals surface area contributed by atoms with E-state index < -0.39 is 0 Å². The van der Waals surface area contributed by atoms with Crippen molar-refractivity contribution in [2.45, 2.75) is 25.9 Å². The maximum absolute atomic E-state index is 5.88. The maximum Gasteiger partial charge on any atom is 0.120 e. The molecule has 0 radical (unpaired) electrons. The third kappa shape index (κ3) is 2.88. The second-order valence-corrected chi connectivity index (χ2v) is 5.36. The van der Waals surface area contributed by atoms with Crippen LogP contribution in [0.5, 0.6) is 0 Å². The van der Waals surface area contributed by atoms with Crippen LogP contribution in [0, 0.1) is 0 Å². The number of hydrogen-bond donors (Lipinski definition) is 1. The molecule has 0 spiro atoms. The molecule has 0 aliphatic rings. The fourth-order valence-corrected chi connectivity index (χ4v) is 2.64. The summed E-state index contributed by atoms with van der Waals surface area (Å²) in [4.78, 5) is 1.25. The molecule has 0 amide bonds. The van der Waals surface area contributed by atoms with Crippen LogP contribution in [0.1, 0.15) is 30.0 Å². The molecular weight excluding hydrogens is 242 g/mol. The van der Waals surface area contributed by atoms with Crippen molar-refractivity contribution in [3.05, 3.63) is 45.5 Å². The van der Waals surface area contributed by atoms with E-state index >= 15 is 0 Å². The molecule has 1 unspecified atom stereocenters. The summed E-state index contributed by atoms with van der Waals surface area (Å²) < 4.78 is 6.23. The molecule has 1 atom stereocenters. The van der Waals surface area contributed by atoms with Crippen LogP contribution in [-0.2, 0) is 6.54 Å². The van der Waals surface area contributed by atoms with Gasteiger partial charge in [-0.3, -0.25) is 0 Å². The molecule has 0 saturated carbocycles. The first kappa shape index (κ1) is 11.7. The Balaban J connectivity index is 1.93. The Morgan fingerprint density at radius 1 is 1.44 bits per heavy atom. The summed E-state index contributed by atoms with van der Waals surface area (Å²) in [6.07, 6.45) is 2.72. The van der Waals surface area contributed by atoms with Gasteiger partial charge in [0, 0.05) is 11.4 Å². The summed E-state index contributed by atoms with van der Waals surface area (Å²) in [5, 5.41) is 3.46. The van der Waals surface area contributed by atoms with E-state index in [2.05, 4.69) is 18.3 Å². The molecule has 0 aliphatic heterocycles. The standard InChI is InChI=1S/C12H14ClNOS/c1-2-10(11-4-3-7-15-11)14-8-9-5-6-12(13)16-9/h3-7,10,14H,2,8H2,1H3. The SMILES string of the molecule is CCC(NCc1ccc(Cl)s1)c1ccco1. The Morgan fingerprint density at radius 3 is 2.88 bits per heavy atom. The van der Waals surface area contributed by atoms with Crippen LogP contribution < -0.4 is 5.32 Å². The average molecular weight is 256 g/mol. The van der Waals surface area contributed by atoms with E-state index in [1.54, 1.807) is 17.6 Å². The van der Waals surface area contributed by atoms with Gasteiger partial charge >= 0.3 is 0 Å². The molecule has 16 heavy (non-hydrogen) atoms. The number of furan rings is 1. The van der Waals surface area contributed by atoms with Crippen molar-refractivity contribution >= 4 is 22.9 Å². The first-order valence-electron chi connectivity index (χ1n) is 5.30. The van der Waals surface area contributed by atoms with E-state index in [9.17, 15) is 0 Å². The van der Waals surface area contributed by atoms with E-state index in [1.165, 1.54) is 4.88 Å². The zero-order valence-corrected chi connectivity index (χ0v) is 10.6. The minimum Gasteiger partial charge on any atom is -0.468 e. The van der Waals surface area contributed by atoms with Crippen LogP contribution in [0.15, 0.2) is 34.9 Å². The molecule has 2 nitrogen and oxygen atoms in total. The zero-order valence-electron chi connectivity index (χ0n) is 9.07. The lowest BCUT2D eigenvalue weighted by atomic mass is 10.2. The van der Waals surface area contributed by atoms with Gasteiger partial charge in [0.05, 0.1) is 16.6 Å².